The minimum atomic E-state index is 0.536. The van der Waals surface area contributed by atoms with Gasteiger partial charge in [0.05, 0.1) is 0 Å². The molecular formula is C12H23N. The lowest BCUT2D eigenvalue weighted by Gasteiger charge is -2.23. The van der Waals surface area contributed by atoms with Crippen LogP contribution in [0.15, 0.2) is 0 Å². The number of rotatable bonds is 2. The van der Waals surface area contributed by atoms with Gasteiger partial charge in [-0.25, -0.2) is 0 Å². The van der Waals surface area contributed by atoms with E-state index in [1.807, 2.05) is 0 Å². The molecule has 0 heterocycles. The summed E-state index contributed by atoms with van der Waals surface area (Å²) in [7, 11) is 0. The van der Waals surface area contributed by atoms with Crippen molar-refractivity contribution in [3.05, 3.63) is 0 Å². The van der Waals surface area contributed by atoms with Crippen LogP contribution < -0.4 is 5.32 Å². The van der Waals surface area contributed by atoms with Crippen LogP contribution >= 0.6 is 0 Å². The van der Waals surface area contributed by atoms with Crippen molar-refractivity contribution in [2.45, 2.75) is 70.4 Å². The molecule has 1 N–H and O–H groups in total. The fourth-order valence-corrected chi connectivity index (χ4v) is 2.56. The van der Waals surface area contributed by atoms with Crippen LogP contribution in [0.25, 0.3) is 0 Å². The van der Waals surface area contributed by atoms with Crippen molar-refractivity contribution in [3.63, 3.8) is 0 Å². The van der Waals surface area contributed by atoms with Gasteiger partial charge in [0.2, 0.25) is 0 Å². The van der Waals surface area contributed by atoms with Crippen LogP contribution in [-0.4, -0.2) is 11.6 Å². The number of nitrogens with one attached hydrogen (secondary N) is 1. The van der Waals surface area contributed by atoms with Gasteiger partial charge in [0.15, 0.2) is 0 Å². The molecule has 2 unspecified atom stereocenters. The molecule has 0 aromatic rings. The Kier molecular flexibility index (Phi) is 2.64. The van der Waals surface area contributed by atoms with Crippen molar-refractivity contribution in [1.82, 2.24) is 5.32 Å². The van der Waals surface area contributed by atoms with E-state index in [1.54, 1.807) is 0 Å². The van der Waals surface area contributed by atoms with E-state index >= 15 is 0 Å². The second-order valence-corrected chi connectivity index (χ2v) is 5.53. The van der Waals surface area contributed by atoms with Crippen LogP contribution in [0.3, 0.4) is 0 Å². The molecule has 2 saturated carbocycles. The Morgan fingerprint density at radius 2 is 1.85 bits per heavy atom. The Morgan fingerprint density at radius 1 is 1.15 bits per heavy atom. The van der Waals surface area contributed by atoms with Gasteiger partial charge in [-0.05, 0) is 38.5 Å². The van der Waals surface area contributed by atoms with Crippen LogP contribution in [0.4, 0.5) is 0 Å². The average molecular weight is 181 g/mol. The summed E-state index contributed by atoms with van der Waals surface area (Å²) in [5.74, 6) is 0.947. The fourth-order valence-electron chi connectivity index (χ4n) is 2.56. The van der Waals surface area contributed by atoms with Crippen LogP contribution in [0.1, 0.15) is 58.8 Å². The van der Waals surface area contributed by atoms with Crippen molar-refractivity contribution < 1.29 is 0 Å². The highest BCUT2D eigenvalue weighted by atomic mass is 15.0. The molecular weight excluding hydrogens is 158 g/mol. The predicted molar refractivity (Wildman–Crippen MR) is 56.8 cm³/mol. The topological polar surface area (TPSA) is 12.0 Å². The van der Waals surface area contributed by atoms with Gasteiger partial charge in [-0.15, -0.1) is 0 Å². The monoisotopic (exact) mass is 181 g/mol. The summed E-state index contributed by atoms with van der Waals surface area (Å²) in [6, 6.07) is 0.824. The molecule has 0 saturated heterocycles. The Balaban J connectivity index is 1.82. The van der Waals surface area contributed by atoms with Gasteiger partial charge < -0.3 is 5.32 Å². The fraction of sp³-hybridized carbons (Fsp3) is 1.00. The Hall–Kier alpha value is -0.0400. The normalized spacial score (nSPS) is 38.3. The Bertz CT molecular complexity index is 172. The first kappa shape index (κ1) is 9.51. The molecule has 0 amide bonds. The molecule has 2 aliphatic rings. The highest BCUT2D eigenvalue weighted by Gasteiger charge is 2.38. The second-order valence-electron chi connectivity index (χ2n) is 5.53. The summed E-state index contributed by atoms with van der Waals surface area (Å²) in [4.78, 5) is 0. The molecule has 2 atom stereocenters. The lowest BCUT2D eigenvalue weighted by Crippen LogP contribution is -2.38. The maximum Gasteiger partial charge on any atom is 0.0157 e. The lowest BCUT2D eigenvalue weighted by atomic mass is 10.00. The maximum atomic E-state index is 3.84. The molecule has 2 rings (SSSR count). The molecule has 76 valence electrons. The van der Waals surface area contributed by atoms with Gasteiger partial charge in [0.1, 0.15) is 0 Å². The summed E-state index contributed by atoms with van der Waals surface area (Å²) in [5, 5.41) is 3.84. The van der Waals surface area contributed by atoms with Crippen molar-refractivity contribution >= 4 is 0 Å². The smallest absolute Gasteiger partial charge is 0.0157 e. The lowest BCUT2D eigenvalue weighted by molar-refractivity contribution is 0.363. The van der Waals surface area contributed by atoms with Crippen molar-refractivity contribution in [1.29, 1.82) is 0 Å². The third-order valence-electron chi connectivity index (χ3n) is 3.74. The SMILES string of the molecule is CC1CCCCC(NC2(C)CC2)C1. The Labute approximate surface area is 82.3 Å². The zero-order valence-corrected chi connectivity index (χ0v) is 9.10. The van der Waals surface area contributed by atoms with Crippen LogP contribution in [0, 0.1) is 5.92 Å². The van der Waals surface area contributed by atoms with E-state index in [0.29, 0.717) is 5.54 Å². The largest absolute Gasteiger partial charge is 0.309 e. The first-order valence-electron chi connectivity index (χ1n) is 5.96. The maximum absolute atomic E-state index is 3.84. The third kappa shape index (κ3) is 2.70. The summed E-state index contributed by atoms with van der Waals surface area (Å²) in [6.45, 7) is 4.79. The first-order valence-corrected chi connectivity index (χ1v) is 5.96. The van der Waals surface area contributed by atoms with Crippen LogP contribution in [0.2, 0.25) is 0 Å². The molecule has 1 heteroatoms. The molecule has 0 aromatic heterocycles. The summed E-state index contributed by atoms with van der Waals surface area (Å²) in [5.41, 5.74) is 0.536. The molecule has 0 bridgehead atoms. The van der Waals surface area contributed by atoms with Gasteiger partial charge >= 0.3 is 0 Å². The standard InChI is InChI=1S/C12H23N/c1-10-5-3-4-6-11(9-10)13-12(2)7-8-12/h10-11,13H,3-9H2,1-2H3. The molecule has 13 heavy (non-hydrogen) atoms. The minimum absolute atomic E-state index is 0.536. The molecule has 0 radical (unpaired) electrons. The second kappa shape index (κ2) is 3.61. The third-order valence-corrected chi connectivity index (χ3v) is 3.74. The zero-order chi connectivity index (χ0) is 9.31. The summed E-state index contributed by atoms with van der Waals surface area (Å²) < 4.78 is 0. The molecule has 0 spiro atoms. The minimum Gasteiger partial charge on any atom is -0.309 e. The predicted octanol–water partition coefficient (Wildman–Crippen LogP) is 3.10. The number of hydrogen-bond acceptors (Lipinski definition) is 1. The Morgan fingerprint density at radius 3 is 2.54 bits per heavy atom. The molecule has 0 aromatic carbocycles. The van der Waals surface area contributed by atoms with Crippen LogP contribution in [-0.2, 0) is 0 Å². The highest BCUT2D eigenvalue weighted by molar-refractivity contribution is 4.99. The van der Waals surface area contributed by atoms with Gasteiger partial charge in [-0.1, -0.05) is 26.2 Å². The summed E-state index contributed by atoms with van der Waals surface area (Å²) in [6.07, 6.45) is 9.98. The highest BCUT2D eigenvalue weighted by Crippen LogP contribution is 2.36. The van der Waals surface area contributed by atoms with E-state index in [2.05, 4.69) is 19.2 Å². The van der Waals surface area contributed by atoms with Gasteiger partial charge in [0, 0.05) is 11.6 Å². The zero-order valence-electron chi connectivity index (χ0n) is 9.10. The molecule has 0 aliphatic heterocycles. The molecule has 1 nitrogen and oxygen atoms in total. The molecule has 2 aliphatic carbocycles. The van der Waals surface area contributed by atoms with Gasteiger partial charge in [0.25, 0.3) is 0 Å². The van der Waals surface area contributed by atoms with Crippen molar-refractivity contribution in [2.24, 2.45) is 5.92 Å². The quantitative estimate of drug-likeness (QED) is 0.645. The van der Waals surface area contributed by atoms with E-state index in [4.69, 9.17) is 0 Å². The first-order chi connectivity index (χ1) is 6.18. The molecule has 2 fully saturated rings. The number of hydrogen-bond donors (Lipinski definition) is 1. The summed E-state index contributed by atoms with van der Waals surface area (Å²) >= 11 is 0. The van der Waals surface area contributed by atoms with Crippen molar-refractivity contribution in [3.8, 4) is 0 Å². The van der Waals surface area contributed by atoms with Crippen molar-refractivity contribution in [2.75, 3.05) is 0 Å². The van der Waals surface area contributed by atoms with E-state index in [-0.39, 0.29) is 0 Å². The van der Waals surface area contributed by atoms with Gasteiger partial charge in [-0.3, -0.25) is 0 Å². The van der Waals surface area contributed by atoms with Crippen LogP contribution in [0.5, 0.6) is 0 Å². The average Bonchev–Trinajstić information content (AvgIpc) is 2.79. The van der Waals surface area contributed by atoms with E-state index in [1.165, 1.54) is 44.9 Å². The van der Waals surface area contributed by atoms with E-state index < -0.39 is 0 Å². The van der Waals surface area contributed by atoms with Gasteiger partial charge in [-0.2, -0.15) is 0 Å². The van der Waals surface area contributed by atoms with E-state index in [0.717, 1.165) is 12.0 Å². The van der Waals surface area contributed by atoms with E-state index in [9.17, 15) is 0 Å².